The lowest BCUT2D eigenvalue weighted by Gasteiger charge is -2.13. The van der Waals surface area contributed by atoms with Crippen molar-refractivity contribution in [3.63, 3.8) is 0 Å². The highest BCUT2D eigenvalue weighted by atomic mass is 19.4. The first-order valence-corrected chi connectivity index (χ1v) is 8.84. The quantitative estimate of drug-likeness (QED) is 0.270. The molecule has 1 N–H and O–H groups in total. The third kappa shape index (κ3) is 6.50. The van der Waals surface area contributed by atoms with Gasteiger partial charge in [-0.05, 0) is 56.3 Å². The highest BCUT2D eigenvalue weighted by Gasteiger charge is 2.33. The summed E-state index contributed by atoms with van der Waals surface area (Å²) in [5.41, 5.74) is -1.46. The molecule has 2 aromatic rings. The second kappa shape index (κ2) is 9.77. The molecule has 0 aliphatic rings. The predicted molar refractivity (Wildman–Crippen MR) is 104 cm³/mol. The maximum absolute atomic E-state index is 12.8. The Hall–Kier alpha value is -3.56. The maximum Gasteiger partial charge on any atom is 0.416 e. The van der Waals surface area contributed by atoms with Crippen LogP contribution in [0.4, 0.5) is 30.2 Å². The van der Waals surface area contributed by atoms with E-state index in [1.54, 1.807) is 38.1 Å². The van der Waals surface area contributed by atoms with Crippen molar-refractivity contribution in [2.45, 2.75) is 26.1 Å². The number of alkyl halides is 3. The number of benzene rings is 2. The maximum atomic E-state index is 12.8. The van der Waals surface area contributed by atoms with E-state index in [9.17, 15) is 28.1 Å². The number of rotatable bonds is 8. The molecular weight excluding hydrogens is 405 g/mol. The van der Waals surface area contributed by atoms with Gasteiger partial charge in [0.15, 0.2) is 0 Å². The van der Waals surface area contributed by atoms with Crippen LogP contribution in [0.1, 0.15) is 19.4 Å². The van der Waals surface area contributed by atoms with Gasteiger partial charge in [0.05, 0.1) is 17.1 Å². The second-order valence-corrected chi connectivity index (χ2v) is 6.07. The number of hydrogen-bond acceptors (Lipinski definition) is 6. The molecule has 0 saturated carbocycles. The van der Waals surface area contributed by atoms with E-state index in [0.29, 0.717) is 17.5 Å². The third-order valence-corrected chi connectivity index (χ3v) is 3.77. The molecule has 160 valence electrons. The minimum atomic E-state index is -4.68. The number of esters is 1. The van der Waals surface area contributed by atoms with E-state index in [1.807, 2.05) is 0 Å². The SMILES string of the molecule is CCOC(=O)C=CC(C)Oc1ccc(Nc2ccc(C(F)(F)F)cc2[N+](=O)[O-])cc1. The van der Waals surface area contributed by atoms with Gasteiger partial charge in [-0.2, -0.15) is 13.2 Å². The minimum absolute atomic E-state index is 0.0765. The molecule has 0 aliphatic carbocycles. The third-order valence-electron chi connectivity index (χ3n) is 3.77. The molecule has 0 saturated heterocycles. The molecule has 0 spiro atoms. The van der Waals surface area contributed by atoms with E-state index < -0.39 is 34.4 Å². The van der Waals surface area contributed by atoms with Crippen LogP contribution in [0.15, 0.2) is 54.6 Å². The number of nitro benzene ring substituents is 1. The number of anilines is 2. The van der Waals surface area contributed by atoms with Crippen LogP contribution < -0.4 is 10.1 Å². The largest absolute Gasteiger partial charge is 0.487 e. The lowest BCUT2D eigenvalue weighted by Crippen LogP contribution is -2.09. The summed E-state index contributed by atoms with van der Waals surface area (Å²) in [4.78, 5) is 21.6. The Morgan fingerprint density at radius 1 is 1.23 bits per heavy atom. The highest BCUT2D eigenvalue weighted by molar-refractivity contribution is 5.81. The molecule has 30 heavy (non-hydrogen) atoms. The van der Waals surface area contributed by atoms with Crippen LogP contribution in [-0.4, -0.2) is 23.6 Å². The molecule has 2 rings (SSSR count). The average Bonchev–Trinajstić information content (AvgIpc) is 2.67. The molecule has 0 radical (unpaired) electrons. The van der Waals surface area contributed by atoms with E-state index in [0.717, 1.165) is 12.1 Å². The smallest absolute Gasteiger partial charge is 0.416 e. The van der Waals surface area contributed by atoms with Crippen molar-refractivity contribution in [2.75, 3.05) is 11.9 Å². The van der Waals surface area contributed by atoms with Gasteiger partial charge in [-0.3, -0.25) is 10.1 Å². The highest BCUT2D eigenvalue weighted by Crippen LogP contribution is 2.36. The van der Waals surface area contributed by atoms with Crippen molar-refractivity contribution in [1.82, 2.24) is 0 Å². The molecule has 0 aromatic heterocycles. The van der Waals surface area contributed by atoms with Gasteiger partial charge in [-0.1, -0.05) is 0 Å². The van der Waals surface area contributed by atoms with Crippen LogP contribution in [-0.2, 0) is 15.7 Å². The van der Waals surface area contributed by atoms with Gasteiger partial charge >= 0.3 is 12.1 Å². The fourth-order valence-electron chi connectivity index (χ4n) is 2.40. The van der Waals surface area contributed by atoms with E-state index in [1.165, 1.54) is 12.2 Å². The minimum Gasteiger partial charge on any atom is -0.487 e. The summed E-state index contributed by atoms with van der Waals surface area (Å²) in [5, 5.41) is 13.9. The first-order valence-electron chi connectivity index (χ1n) is 8.84. The van der Waals surface area contributed by atoms with Crippen molar-refractivity contribution >= 4 is 23.0 Å². The average molecular weight is 424 g/mol. The molecule has 10 heteroatoms. The van der Waals surface area contributed by atoms with Crippen LogP contribution in [0.2, 0.25) is 0 Å². The number of halogens is 3. The van der Waals surface area contributed by atoms with Crippen LogP contribution in [0, 0.1) is 10.1 Å². The number of carbonyl (C=O) groups excluding carboxylic acids is 1. The Bertz CT molecular complexity index is 927. The van der Waals surface area contributed by atoms with Crippen molar-refractivity contribution in [3.05, 3.63) is 70.3 Å². The summed E-state index contributed by atoms with van der Waals surface area (Å²) >= 11 is 0. The van der Waals surface area contributed by atoms with Crippen LogP contribution in [0.5, 0.6) is 5.75 Å². The first-order chi connectivity index (χ1) is 14.1. The fraction of sp³-hybridized carbons (Fsp3) is 0.250. The summed E-state index contributed by atoms with van der Waals surface area (Å²) in [6.45, 7) is 3.68. The molecule has 2 aromatic carbocycles. The zero-order valence-electron chi connectivity index (χ0n) is 16.1. The Morgan fingerprint density at radius 3 is 2.47 bits per heavy atom. The number of carbonyl (C=O) groups is 1. The second-order valence-electron chi connectivity index (χ2n) is 6.07. The van der Waals surface area contributed by atoms with Crippen molar-refractivity contribution in [3.8, 4) is 5.75 Å². The molecule has 7 nitrogen and oxygen atoms in total. The Labute approximate surface area is 170 Å². The summed E-state index contributed by atoms with van der Waals surface area (Å²) in [6, 6.07) is 8.52. The summed E-state index contributed by atoms with van der Waals surface area (Å²) in [5.74, 6) is -0.0193. The lowest BCUT2D eigenvalue weighted by atomic mass is 10.1. The van der Waals surface area contributed by atoms with Gasteiger partial charge in [0.2, 0.25) is 0 Å². The molecule has 0 fully saturated rings. The summed E-state index contributed by atoms with van der Waals surface area (Å²) < 4.78 is 48.7. The van der Waals surface area contributed by atoms with Crippen LogP contribution in [0.25, 0.3) is 0 Å². The first kappa shape index (κ1) is 22.7. The predicted octanol–water partition coefficient (Wildman–Crippen LogP) is 5.24. The summed E-state index contributed by atoms with van der Waals surface area (Å²) in [7, 11) is 0. The zero-order valence-corrected chi connectivity index (χ0v) is 16.1. The monoisotopic (exact) mass is 424 g/mol. The number of nitrogens with zero attached hydrogens (tertiary/aromatic N) is 1. The van der Waals surface area contributed by atoms with Gasteiger partial charge in [0, 0.05) is 17.8 Å². The van der Waals surface area contributed by atoms with Crippen LogP contribution in [0.3, 0.4) is 0 Å². The standard InChI is InChI=1S/C20H19F3N2O5/c1-3-29-19(26)11-4-13(2)30-16-8-6-15(7-9-16)24-17-10-5-14(20(21,22)23)12-18(17)25(27)28/h4-13,24H,3H2,1-2H3. The number of nitrogens with one attached hydrogen (secondary N) is 1. The zero-order chi connectivity index (χ0) is 22.3. The molecular formula is C20H19F3N2O5. The molecule has 0 amide bonds. The van der Waals surface area contributed by atoms with Crippen molar-refractivity contribution < 1.29 is 32.4 Å². The van der Waals surface area contributed by atoms with Gasteiger partial charge in [0.1, 0.15) is 17.5 Å². The van der Waals surface area contributed by atoms with Gasteiger partial charge in [0.25, 0.3) is 5.69 Å². The topological polar surface area (TPSA) is 90.7 Å². The number of nitro groups is 1. The fourth-order valence-corrected chi connectivity index (χ4v) is 2.40. The van der Waals surface area contributed by atoms with Gasteiger partial charge in [-0.15, -0.1) is 0 Å². The normalized spacial score (nSPS) is 12.4. The van der Waals surface area contributed by atoms with Gasteiger partial charge in [-0.25, -0.2) is 4.79 Å². The van der Waals surface area contributed by atoms with E-state index in [4.69, 9.17) is 9.47 Å². The molecule has 0 heterocycles. The lowest BCUT2D eigenvalue weighted by molar-refractivity contribution is -0.384. The van der Waals surface area contributed by atoms with E-state index in [2.05, 4.69) is 5.32 Å². The Morgan fingerprint density at radius 2 is 1.90 bits per heavy atom. The molecule has 0 aliphatic heterocycles. The number of hydrogen-bond donors (Lipinski definition) is 1. The van der Waals surface area contributed by atoms with Gasteiger partial charge < -0.3 is 14.8 Å². The Balaban J connectivity index is 2.09. The molecule has 1 atom stereocenters. The van der Waals surface area contributed by atoms with Crippen LogP contribution >= 0.6 is 0 Å². The van der Waals surface area contributed by atoms with E-state index in [-0.39, 0.29) is 12.3 Å². The summed E-state index contributed by atoms with van der Waals surface area (Å²) in [6.07, 6.45) is -2.33. The molecule has 1 unspecified atom stereocenters. The van der Waals surface area contributed by atoms with E-state index >= 15 is 0 Å². The Kier molecular flexibility index (Phi) is 7.40. The molecule has 0 bridgehead atoms. The van der Waals surface area contributed by atoms with Crippen molar-refractivity contribution in [2.24, 2.45) is 0 Å². The van der Waals surface area contributed by atoms with Crippen molar-refractivity contribution in [1.29, 1.82) is 0 Å². The number of ether oxygens (including phenoxy) is 2.